The molecular weight excluding hydrogens is 416 g/mol. The van der Waals surface area contributed by atoms with Gasteiger partial charge in [0.25, 0.3) is 5.56 Å². The number of pyridine rings is 2. The second kappa shape index (κ2) is 7.06. The summed E-state index contributed by atoms with van der Waals surface area (Å²) in [5, 5.41) is 0.509. The highest BCUT2D eigenvalue weighted by atomic mass is 32.2. The first-order valence-electron chi connectivity index (χ1n) is 8.65. The fourth-order valence-corrected chi connectivity index (χ4v) is 3.63. The Morgan fingerprint density at radius 1 is 1.13 bits per heavy atom. The van der Waals surface area contributed by atoms with Gasteiger partial charge in [0.1, 0.15) is 11.3 Å². The Hall–Kier alpha value is -3.53. The fourth-order valence-electron chi connectivity index (χ4n) is 3.06. The van der Waals surface area contributed by atoms with Crippen LogP contribution in [-0.4, -0.2) is 29.2 Å². The van der Waals surface area contributed by atoms with Crippen molar-refractivity contribution in [3.63, 3.8) is 0 Å². The highest BCUT2D eigenvalue weighted by molar-refractivity contribution is 7.90. The zero-order chi connectivity index (χ0) is 21.6. The van der Waals surface area contributed by atoms with Crippen molar-refractivity contribution in [2.75, 3.05) is 6.26 Å². The Balaban J connectivity index is 1.99. The van der Waals surface area contributed by atoms with Gasteiger partial charge in [-0.1, -0.05) is 0 Å². The lowest BCUT2D eigenvalue weighted by atomic mass is 10.1. The van der Waals surface area contributed by atoms with E-state index in [-0.39, 0.29) is 27.6 Å². The number of sulfone groups is 1. The Kier molecular flexibility index (Phi) is 4.65. The monoisotopic (exact) mass is 431 g/mol. The van der Waals surface area contributed by atoms with Crippen LogP contribution in [-0.2, 0) is 16.9 Å². The van der Waals surface area contributed by atoms with Crippen LogP contribution in [0.15, 0.2) is 58.6 Å². The number of nitrogens with one attached hydrogen (secondary N) is 1. The number of aromatic amines is 1. The first-order valence-corrected chi connectivity index (χ1v) is 10.5. The quantitative estimate of drug-likeness (QED) is 0.535. The molecule has 0 saturated heterocycles. The standard InChI is InChI=1S/C20H15F2N3O4S/c1-25-10-15(13-5-6-23-18(13)20(25)26)14-8-12(30(2,27)28)9-24-19(14)29-17-4-3-11(21)7-16(17)22/h3-10,23H,1-2H3. The van der Waals surface area contributed by atoms with Crippen molar-refractivity contribution >= 4 is 20.7 Å². The minimum atomic E-state index is -3.61. The van der Waals surface area contributed by atoms with Gasteiger partial charge in [-0.25, -0.2) is 22.2 Å². The predicted octanol–water partition coefficient (Wildman–Crippen LogP) is 3.40. The average Bonchev–Trinajstić information content (AvgIpc) is 3.16. The predicted molar refractivity (Wildman–Crippen MR) is 106 cm³/mol. The van der Waals surface area contributed by atoms with E-state index in [0.29, 0.717) is 22.5 Å². The number of hydrogen-bond acceptors (Lipinski definition) is 5. The van der Waals surface area contributed by atoms with E-state index in [2.05, 4.69) is 9.97 Å². The van der Waals surface area contributed by atoms with E-state index in [0.717, 1.165) is 24.6 Å². The molecule has 0 saturated carbocycles. The van der Waals surface area contributed by atoms with Crippen molar-refractivity contribution in [2.45, 2.75) is 4.90 Å². The van der Waals surface area contributed by atoms with Gasteiger partial charge in [-0.05, 0) is 24.3 Å². The largest absolute Gasteiger partial charge is 0.435 e. The summed E-state index contributed by atoms with van der Waals surface area (Å²) in [7, 11) is -2.07. The van der Waals surface area contributed by atoms with Gasteiger partial charge in [-0.15, -0.1) is 0 Å². The first kappa shape index (κ1) is 19.8. The molecule has 1 aromatic carbocycles. The molecule has 30 heavy (non-hydrogen) atoms. The third-order valence-electron chi connectivity index (χ3n) is 4.54. The van der Waals surface area contributed by atoms with Crippen LogP contribution < -0.4 is 10.3 Å². The molecule has 0 aliphatic carbocycles. The molecule has 1 N–H and O–H groups in total. The van der Waals surface area contributed by atoms with Gasteiger partial charge in [0, 0.05) is 54.5 Å². The maximum absolute atomic E-state index is 14.1. The number of rotatable bonds is 4. The highest BCUT2D eigenvalue weighted by Gasteiger charge is 2.20. The second-order valence-corrected chi connectivity index (χ2v) is 8.71. The van der Waals surface area contributed by atoms with E-state index in [9.17, 15) is 22.0 Å². The summed E-state index contributed by atoms with van der Waals surface area (Å²) < 4.78 is 58.4. The van der Waals surface area contributed by atoms with E-state index in [4.69, 9.17) is 4.74 Å². The van der Waals surface area contributed by atoms with Crippen LogP contribution in [0, 0.1) is 11.6 Å². The lowest BCUT2D eigenvalue weighted by molar-refractivity contribution is 0.424. The minimum Gasteiger partial charge on any atom is -0.435 e. The van der Waals surface area contributed by atoms with Gasteiger partial charge in [-0.3, -0.25) is 4.79 Å². The lowest BCUT2D eigenvalue weighted by Gasteiger charge is -2.14. The van der Waals surface area contributed by atoms with Gasteiger partial charge < -0.3 is 14.3 Å². The molecule has 0 bridgehead atoms. The summed E-state index contributed by atoms with van der Waals surface area (Å²) in [5.74, 6) is -2.10. The summed E-state index contributed by atoms with van der Waals surface area (Å²) in [6.07, 6.45) is 5.20. The number of aryl methyl sites for hydroxylation is 1. The molecule has 4 rings (SSSR count). The Bertz CT molecular complexity index is 1460. The molecular formula is C20H15F2N3O4S. The van der Waals surface area contributed by atoms with Crippen LogP contribution in [0.2, 0.25) is 0 Å². The van der Waals surface area contributed by atoms with E-state index < -0.39 is 21.5 Å². The Morgan fingerprint density at radius 2 is 1.90 bits per heavy atom. The molecule has 0 atom stereocenters. The maximum Gasteiger partial charge on any atom is 0.274 e. The van der Waals surface area contributed by atoms with Crippen LogP contribution in [0.4, 0.5) is 8.78 Å². The molecule has 0 radical (unpaired) electrons. The topological polar surface area (TPSA) is 94.0 Å². The number of ether oxygens (including phenoxy) is 1. The van der Waals surface area contributed by atoms with Gasteiger partial charge in [0.05, 0.1) is 4.90 Å². The first-order chi connectivity index (χ1) is 14.1. The number of nitrogens with zero attached hydrogens (tertiary/aromatic N) is 2. The van der Waals surface area contributed by atoms with Gasteiger partial charge in [0.15, 0.2) is 21.4 Å². The van der Waals surface area contributed by atoms with Crippen molar-refractivity contribution in [3.05, 3.63) is 70.9 Å². The molecule has 0 aliphatic rings. The number of H-pyrrole nitrogens is 1. The smallest absolute Gasteiger partial charge is 0.274 e. The van der Waals surface area contributed by atoms with Gasteiger partial charge >= 0.3 is 0 Å². The third-order valence-corrected chi connectivity index (χ3v) is 5.62. The van der Waals surface area contributed by atoms with Crippen molar-refractivity contribution in [2.24, 2.45) is 7.05 Å². The third kappa shape index (κ3) is 3.45. The summed E-state index contributed by atoms with van der Waals surface area (Å²) in [5.41, 5.74) is 0.697. The van der Waals surface area contributed by atoms with Crippen LogP contribution in [0.5, 0.6) is 11.6 Å². The molecule has 0 aliphatic heterocycles. The Morgan fingerprint density at radius 3 is 2.60 bits per heavy atom. The second-order valence-electron chi connectivity index (χ2n) is 6.70. The van der Waals surface area contributed by atoms with Crippen LogP contribution in [0.3, 0.4) is 0 Å². The van der Waals surface area contributed by atoms with Crippen molar-refractivity contribution < 1.29 is 21.9 Å². The van der Waals surface area contributed by atoms with Crippen LogP contribution >= 0.6 is 0 Å². The molecule has 4 aromatic rings. The maximum atomic E-state index is 14.1. The summed E-state index contributed by atoms with van der Waals surface area (Å²) >= 11 is 0. The Labute approximate surface area is 169 Å². The fraction of sp³-hybridized carbons (Fsp3) is 0.100. The van der Waals surface area contributed by atoms with Crippen LogP contribution in [0.1, 0.15) is 0 Å². The number of fused-ring (bicyclic) bond motifs is 1. The summed E-state index contributed by atoms with van der Waals surface area (Å²) in [6, 6.07) is 5.79. The number of halogens is 2. The number of aromatic nitrogens is 3. The summed E-state index contributed by atoms with van der Waals surface area (Å²) in [4.78, 5) is 19.2. The SMILES string of the molecule is Cn1cc(-c2cc(S(C)(=O)=O)cnc2Oc2ccc(F)cc2F)c2cc[nH]c2c1=O. The summed E-state index contributed by atoms with van der Waals surface area (Å²) in [6.45, 7) is 0. The molecule has 154 valence electrons. The molecule has 0 fully saturated rings. The van der Waals surface area contributed by atoms with E-state index >= 15 is 0 Å². The lowest BCUT2D eigenvalue weighted by Crippen LogP contribution is -2.16. The molecule has 0 unspecified atom stereocenters. The van der Waals surface area contributed by atoms with Crippen molar-refractivity contribution in [1.82, 2.24) is 14.5 Å². The minimum absolute atomic E-state index is 0.0815. The molecule has 3 aromatic heterocycles. The normalized spacial score (nSPS) is 11.7. The highest BCUT2D eigenvalue weighted by Crippen LogP contribution is 2.37. The zero-order valence-electron chi connectivity index (χ0n) is 15.8. The van der Waals surface area contributed by atoms with E-state index in [1.165, 1.54) is 16.8 Å². The molecule has 7 nitrogen and oxygen atoms in total. The average molecular weight is 431 g/mol. The molecule has 0 spiro atoms. The molecule has 10 heteroatoms. The van der Waals surface area contributed by atoms with Crippen LogP contribution in [0.25, 0.3) is 22.0 Å². The van der Waals surface area contributed by atoms with Gasteiger partial charge in [-0.2, -0.15) is 0 Å². The number of hydrogen-bond donors (Lipinski definition) is 1. The van der Waals surface area contributed by atoms with Gasteiger partial charge in [0.2, 0.25) is 5.88 Å². The number of benzene rings is 1. The van der Waals surface area contributed by atoms with Crippen molar-refractivity contribution in [3.8, 4) is 22.8 Å². The molecule has 3 heterocycles. The molecule has 0 amide bonds. The van der Waals surface area contributed by atoms with E-state index in [1.54, 1.807) is 19.3 Å². The zero-order valence-corrected chi connectivity index (χ0v) is 16.6. The van der Waals surface area contributed by atoms with Crippen molar-refractivity contribution in [1.29, 1.82) is 0 Å². The van der Waals surface area contributed by atoms with E-state index in [1.807, 2.05) is 0 Å².